The lowest BCUT2D eigenvalue weighted by atomic mass is 10.1. The Morgan fingerprint density at radius 3 is 2.43 bits per heavy atom. The molecule has 28 heavy (non-hydrogen) atoms. The minimum atomic E-state index is -4.09. The highest BCUT2D eigenvalue weighted by atomic mass is 32.2. The van der Waals surface area contributed by atoms with Crippen LogP contribution in [0.4, 0.5) is 20.7 Å². The van der Waals surface area contributed by atoms with E-state index < -0.39 is 21.9 Å². The van der Waals surface area contributed by atoms with Crippen LogP contribution < -0.4 is 4.90 Å². The first-order valence-corrected chi connectivity index (χ1v) is 9.95. The minimum absolute atomic E-state index is 0.000131. The highest BCUT2D eigenvalue weighted by molar-refractivity contribution is 7.90. The van der Waals surface area contributed by atoms with Gasteiger partial charge in [0.05, 0.1) is 12.2 Å². The number of rotatable bonds is 3. The smallest absolute Gasteiger partial charge is 0.246 e. The lowest BCUT2D eigenvalue weighted by molar-refractivity contribution is 0.229. The zero-order valence-corrected chi connectivity index (χ0v) is 15.7. The third-order valence-corrected chi connectivity index (χ3v) is 6.34. The molecule has 0 unspecified atom stereocenters. The first-order valence-electron chi connectivity index (χ1n) is 8.51. The first kappa shape index (κ1) is 18.1. The lowest BCUT2D eigenvalue weighted by Gasteiger charge is -2.35. The minimum Gasteiger partial charge on any atom is -0.246 e. The van der Waals surface area contributed by atoms with Gasteiger partial charge in [-0.3, -0.25) is 0 Å². The van der Waals surface area contributed by atoms with Gasteiger partial charge in [-0.25, -0.2) is 31.8 Å². The molecule has 0 fully saturated rings. The Bertz CT molecular complexity index is 1160. The standard InChI is InChI=1S/C20H16FN3O3S/c1-14-5-2-3-6-15(14)13-23-20(25)24(17-10-8-16(21)9-11-17)19-18(28(23,26)27)7-4-12-22-19/h2-12H,13H2,1H3. The number of aryl methyl sites for hydroxylation is 1. The number of pyridine rings is 1. The summed E-state index contributed by atoms with van der Waals surface area (Å²) in [5, 5.41) is 0. The van der Waals surface area contributed by atoms with Crippen molar-refractivity contribution in [2.24, 2.45) is 0 Å². The summed E-state index contributed by atoms with van der Waals surface area (Å²) in [5.41, 5.74) is 1.91. The Morgan fingerprint density at radius 2 is 1.71 bits per heavy atom. The predicted octanol–water partition coefficient (Wildman–Crippen LogP) is 3.99. The fraction of sp³-hybridized carbons (Fsp3) is 0.100. The van der Waals surface area contributed by atoms with E-state index in [1.54, 1.807) is 12.1 Å². The summed E-state index contributed by atoms with van der Waals surface area (Å²) >= 11 is 0. The number of fused-ring (bicyclic) bond motifs is 1. The summed E-state index contributed by atoms with van der Waals surface area (Å²) in [6.45, 7) is 1.74. The van der Waals surface area contributed by atoms with Crippen molar-refractivity contribution in [3.05, 3.63) is 83.8 Å². The van der Waals surface area contributed by atoms with Crippen LogP contribution in [0.15, 0.2) is 71.8 Å². The molecule has 1 aliphatic rings. The van der Waals surface area contributed by atoms with Crippen LogP contribution in [-0.4, -0.2) is 23.7 Å². The van der Waals surface area contributed by atoms with Crippen molar-refractivity contribution in [3.63, 3.8) is 0 Å². The molecule has 0 aliphatic carbocycles. The van der Waals surface area contributed by atoms with E-state index >= 15 is 0 Å². The largest absolute Gasteiger partial charge is 0.344 e. The number of urea groups is 1. The molecule has 8 heteroatoms. The number of anilines is 2. The van der Waals surface area contributed by atoms with Crippen LogP contribution in [0.2, 0.25) is 0 Å². The van der Waals surface area contributed by atoms with Gasteiger partial charge in [0.25, 0.3) is 10.0 Å². The van der Waals surface area contributed by atoms with E-state index in [4.69, 9.17) is 0 Å². The van der Waals surface area contributed by atoms with Crippen molar-refractivity contribution in [1.29, 1.82) is 0 Å². The number of aromatic nitrogens is 1. The van der Waals surface area contributed by atoms with Crippen molar-refractivity contribution in [2.75, 3.05) is 4.90 Å². The van der Waals surface area contributed by atoms with E-state index in [1.165, 1.54) is 47.5 Å². The molecular weight excluding hydrogens is 381 g/mol. The van der Waals surface area contributed by atoms with Crippen molar-refractivity contribution in [1.82, 2.24) is 9.29 Å². The van der Waals surface area contributed by atoms with Gasteiger partial charge in [-0.1, -0.05) is 24.3 Å². The Hall–Kier alpha value is -3.26. The number of amides is 2. The van der Waals surface area contributed by atoms with Crippen molar-refractivity contribution >= 4 is 27.6 Å². The number of sulfonamides is 1. The zero-order chi connectivity index (χ0) is 19.9. The number of carbonyl (C=O) groups is 1. The number of carbonyl (C=O) groups excluding carboxylic acids is 1. The Balaban J connectivity index is 1.88. The second kappa shape index (κ2) is 6.72. The highest BCUT2D eigenvalue weighted by Crippen LogP contribution is 2.38. The molecule has 0 N–H and O–H groups in total. The third-order valence-electron chi connectivity index (χ3n) is 4.60. The van der Waals surface area contributed by atoms with E-state index in [9.17, 15) is 17.6 Å². The summed E-state index contributed by atoms with van der Waals surface area (Å²) in [6, 6.07) is 14.6. The average Bonchev–Trinajstić information content (AvgIpc) is 2.68. The van der Waals surface area contributed by atoms with Crippen LogP contribution in [0.1, 0.15) is 11.1 Å². The molecular formula is C20H16FN3O3S. The molecule has 6 nitrogen and oxygen atoms in total. The van der Waals surface area contributed by atoms with Gasteiger partial charge in [0, 0.05) is 6.20 Å². The van der Waals surface area contributed by atoms with Crippen LogP contribution in [0.25, 0.3) is 0 Å². The molecule has 142 valence electrons. The summed E-state index contributed by atoms with van der Waals surface area (Å²) < 4.78 is 40.5. The Labute approximate surface area is 161 Å². The van der Waals surface area contributed by atoms with E-state index in [0.29, 0.717) is 11.3 Å². The quantitative estimate of drug-likeness (QED) is 0.670. The molecule has 1 aromatic heterocycles. The number of nitrogens with zero attached hydrogens (tertiary/aromatic N) is 3. The molecule has 0 saturated heterocycles. The fourth-order valence-electron chi connectivity index (χ4n) is 3.09. The van der Waals surface area contributed by atoms with E-state index in [-0.39, 0.29) is 17.3 Å². The average molecular weight is 397 g/mol. The Morgan fingerprint density at radius 1 is 1.00 bits per heavy atom. The van der Waals surface area contributed by atoms with Crippen LogP contribution in [0, 0.1) is 12.7 Å². The number of hydrogen-bond donors (Lipinski definition) is 0. The second-order valence-electron chi connectivity index (χ2n) is 6.36. The molecule has 2 heterocycles. The number of halogens is 1. The molecule has 4 rings (SSSR count). The summed E-state index contributed by atoms with van der Waals surface area (Å²) in [5.74, 6) is -0.459. The highest BCUT2D eigenvalue weighted by Gasteiger charge is 2.43. The van der Waals surface area contributed by atoms with Gasteiger partial charge in [-0.05, 0) is 54.4 Å². The molecule has 0 radical (unpaired) electrons. The molecule has 0 saturated carbocycles. The molecule has 1 aliphatic heterocycles. The molecule has 0 bridgehead atoms. The van der Waals surface area contributed by atoms with E-state index in [0.717, 1.165) is 9.87 Å². The van der Waals surface area contributed by atoms with Crippen LogP contribution >= 0.6 is 0 Å². The topological polar surface area (TPSA) is 70.6 Å². The SMILES string of the molecule is Cc1ccccc1CN1C(=O)N(c2ccc(F)cc2)c2ncccc2S1(=O)=O. The maximum Gasteiger partial charge on any atom is 0.344 e. The van der Waals surface area contributed by atoms with Crippen LogP contribution in [-0.2, 0) is 16.6 Å². The lowest BCUT2D eigenvalue weighted by Crippen LogP contribution is -2.48. The molecule has 0 atom stereocenters. The monoisotopic (exact) mass is 397 g/mol. The van der Waals surface area contributed by atoms with Crippen molar-refractivity contribution < 1.29 is 17.6 Å². The first-order chi connectivity index (χ1) is 13.4. The van der Waals surface area contributed by atoms with Gasteiger partial charge in [-0.2, -0.15) is 0 Å². The van der Waals surface area contributed by atoms with Crippen LogP contribution in [0.3, 0.4) is 0 Å². The van der Waals surface area contributed by atoms with Gasteiger partial charge in [-0.15, -0.1) is 0 Å². The Kier molecular flexibility index (Phi) is 4.35. The maximum atomic E-state index is 13.4. The second-order valence-corrected chi connectivity index (χ2v) is 8.19. The normalized spacial score (nSPS) is 15.4. The summed E-state index contributed by atoms with van der Waals surface area (Å²) in [4.78, 5) is 18.5. The van der Waals surface area contributed by atoms with Gasteiger partial charge >= 0.3 is 6.03 Å². The van der Waals surface area contributed by atoms with Crippen molar-refractivity contribution in [2.45, 2.75) is 18.4 Å². The molecule has 0 spiro atoms. The molecule has 3 aromatic rings. The molecule has 2 amide bonds. The van der Waals surface area contributed by atoms with E-state index in [2.05, 4.69) is 4.98 Å². The van der Waals surface area contributed by atoms with Gasteiger partial charge < -0.3 is 0 Å². The zero-order valence-electron chi connectivity index (χ0n) is 14.9. The number of hydrogen-bond acceptors (Lipinski definition) is 4. The van der Waals surface area contributed by atoms with E-state index in [1.807, 2.05) is 19.1 Å². The van der Waals surface area contributed by atoms with Crippen molar-refractivity contribution in [3.8, 4) is 0 Å². The maximum absolute atomic E-state index is 13.4. The van der Waals surface area contributed by atoms with Gasteiger partial charge in [0.15, 0.2) is 5.82 Å². The third kappa shape index (κ3) is 2.91. The summed E-state index contributed by atoms with van der Waals surface area (Å²) in [6.07, 6.45) is 1.41. The fourth-order valence-corrected chi connectivity index (χ4v) is 4.55. The van der Waals surface area contributed by atoms with Gasteiger partial charge in [0.2, 0.25) is 0 Å². The van der Waals surface area contributed by atoms with Gasteiger partial charge in [0.1, 0.15) is 10.7 Å². The molecule has 2 aromatic carbocycles. The summed E-state index contributed by atoms with van der Waals surface area (Å²) in [7, 11) is -4.09. The number of benzene rings is 2. The van der Waals surface area contributed by atoms with Crippen LogP contribution in [0.5, 0.6) is 0 Å². The predicted molar refractivity (Wildman–Crippen MR) is 102 cm³/mol.